The number of aryl methyl sites for hydroxylation is 1. The molecule has 1 aliphatic rings. The van der Waals surface area contributed by atoms with Crippen molar-refractivity contribution < 1.29 is 9.53 Å². The second kappa shape index (κ2) is 7.80. The molecular formula is C26H32N2O2. The maximum absolute atomic E-state index is 12.9. The van der Waals surface area contributed by atoms with Crippen LogP contribution in [0.5, 0.6) is 5.75 Å². The van der Waals surface area contributed by atoms with E-state index in [1.807, 2.05) is 43.3 Å². The Morgan fingerprint density at radius 3 is 2.17 bits per heavy atom. The molecule has 1 aliphatic carbocycles. The fourth-order valence-electron chi connectivity index (χ4n) is 5.00. The molecule has 0 bridgehead atoms. The van der Waals surface area contributed by atoms with Crippen molar-refractivity contribution in [1.29, 1.82) is 5.26 Å². The summed E-state index contributed by atoms with van der Waals surface area (Å²) in [7, 11) is 0. The highest BCUT2D eigenvalue weighted by Gasteiger charge is 2.64. The van der Waals surface area contributed by atoms with Crippen LogP contribution in [0.3, 0.4) is 0 Å². The summed E-state index contributed by atoms with van der Waals surface area (Å²) in [6.45, 7) is 14.7. The molecule has 0 aliphatic heterocycles. The van der Waals surface area contributed by atoms with Crippen LogP contribution >= 0.6 is 0 Å². The number of ether oxygens (including phenoxy) is 1. The van der Waals surface area contributed by atoms with Gasteiger partial charge in [-0.15, -0.1) is 0 Å². The molecule has 0 atom stereocenters. The van der Waals surface area contributed by atoms with E-state index in [9.17, 15) is 4.79 Å². The molecule has 2 aromatic rings. The van der Waals surface area contributed by atoms with Crippen molar-refractivity contribution in [3.63, 3.8) is 0 Å². The number of nitrogens with zero attached hydrogens (tertiary/aromatic N) is 1. The lowest BCUT2D eigenvalue weighted by molar-refractivity contribution is -0.164. The first-order chi connectivity index (χ1) is 14.0. The molecule has 4 heteroatoms. The Labute approximate surface area is 180 Å². The smallest absolute Gasteiger partial charge is 0.251 e. The molecule has 0 heterocycles. The van der Waals surface area contributed by atoms with E-state index in [-0.39, 0.29) is 28.9 Å². The molecule has 0 aromatic heterocycles. The van der Waals surface area contributed by atoms with Crippen LogP contribution in [0.2, 0.25) is 0 Å². The molecule has 4 nitrogen and oxygen atoms in total. The molecule has 0 radical (unpaired) electrons. The van der Waals surface area contributed by atoms with E-state index in [2.05, 4.69) is 52.9 Å². The van der Waals surface area contributed by atoms with Gasteiger partial charge in [0.05, 0.1) is 11.6 Å². The van der Waals surface area contributed by atoms with E-state index in [0.29, 0.717) is 17.0 Å². The number of hydrogen-bond acceptors (Lipinski definition) is 3. The Hall–Kier alpha value is -2.80. The van der Waals surface area contributed by atoms with Gasteiger partial charge in [-0.2, -0.15) is 5.26 Å². The van der Waals surface area contributed by atoms with E-state index in [4.69, 9.17) is 10.00 Å². The topological polar surface area (TPSA) is 62.1 Å². The lowest BCUT2D eigenvalue weighted by Crippen LogP contribution is -2.74. The van der Waals surface area contributed by atoms with Crippen molar-refractivity contribution in [1.82, 2.24) is 5.32 Å². The highest BCUT2D eigenvalue weighted by atomic mass is 16.5. The maximum atomic E-state index is 12.9. The molecule has 0 unspecified atom stereocenters. The van der Waals surface area contributed by atoms with Gasteiger partial charge in [0, 0.05) is 22.4 Å². The van der Waals surface area contributed by atoms with Crippen LogP contribution in [0.25, 0.3) is 0 Å². The van der Waals surface area contributed by atoms with E-state index in [1.165, 1.54) is 5.56 Å². The summed E-state index contributed by atoms with van der Waals surface area (Å²) in [5.74, 6) is 1.14. The Bertz CT molecular complexity index is 965. The van der Waals surface area contributed by atoms with Gasteiger partial charge < -0.3 is 10.1 Å². The predicted molar refractivity (Wildman–Crippen MR) is 120 cm³/mol. The lowest BCUT2D eigenvalue weighted by atomic mass is 9.49. The van der Waals surface area contributed by atoms with Crippen LogP contribution in [-0.4, -0.2) is 18.1 Å². The first-order valence-electron chi connectivity index (χ1n) is 10.6. The third kappa shape index (κ3) is 3.81. The molecule has 30 heavy (non-hydrogen) atoms. The molecule has 1 fully saturated rings. The molecule has 0 saturated heterocycles. The van der Waals surface area contributed by atoms with Crippen molar-refractivity contribution in [3.8, 4) is 11.8 Å². The number of benzene rings is 2. The van der Waals surface area contributed by atoms with Gasteiger partial charge in [0.15, 0.2) is 0 Å². The SMILES string of the molecule is Cc1cc(O[C@H]2C(C)(C)[C@H](NC(=O)c3ccc(C(C)C)cc3)C2(C)C)ccc1C#N. The van der Waals surface area contributed by atoms with Gasteiger partial charge in [0.25, 0.3) is 5.91 Å². The predicted octanol–water partition coefficient (Wildman–Crippen LogP) is 5.60. The number of nitriles is 1. The van der Waals surface area contributed by atoms with Crippen molar-refractivity contribution >= 4 is 5.91 Å². The summed E-state index contributed by atoms with van der Waals surface area (Å²) in [4.78, 5) is 12.9. The summed E-state index contributed by atoms with van der Waals surface area (Å²) < 4.78 is 6.36. The van der Waals surface area contributed by atoms with Crippen LogP contribution in [0.4, 0.5) is 0 Å². The van der Waals surface area contributed by atoms with Crippen molar-refractivity contribution in [3.05, 3.63) is 64.7 Å². The fraction of sp³-hybridized carbons (Fsp3) is 0.462. The molecule has 1 saturated carbocycles. The number of hydrogen-bond donors (Lipinski definition) is 1. The largest absolute Gasteiger partial charge is 0.489 e. The van der Waals surface area contributed by atoms with E-state index >= 15 is 0 Å². The Kier molecular flexibility index (Phi) is 5.69. The zero-order chi connectivity index (χ0) is 22.3. The number of carbonyl (C=O) groups is 1. The first kappa shape index (κ1) is 21.9. The number of amides is 1. The van der Waals surface area contributed by atoms with Gasteiger partial charge in [0.2, 0.25) is 0 Å². The molecule has 2 aromatic carbocycles. The van der Waals surface area contributed by atoms with E-state index < -0.39 is 0 Å². The second-order valence-corrected chi connectivity index (χ2v) is 9.91. The monoisotopic (exact) mass is 404 g/mol. The van der Waals surface area contributed by atoms with Crippen LogP contribution in [0.1, 0.15) is 74.5 Å². The van der Waals surface area contributed by atoms with Crippen LogP contribution in [-0.2, 0) is 0 Å². The van der Waals surface area contributed by atoms with Crippen molar-refractivity contribution in [2.24, 2.45) is 10.8 Å². The number of carbonyl (C=O) groups excluding carboxylic acids is 1. The maximum Gasteiger partial charge on any atom is 0.251 e. The number of rotatable bonds is 5. The minimum absolute atomic E-state index is 0.0215. The zero-order valence-electron chi connectivity index (χ0n) is 19.0. The second-order valence-electron chi connectivity index (χ2n) is 9.91. The average molecular weight is 405 g/mol. The highest BCUT2D eigenvalue weighted by molar-refractivity contribution is 5.94. The zero-order valence-corrected chi connectivity index (χ0v) is 19.0. The minimum atomic E-state index is -0.237. The molecule has 0 spiro atoms. The molecule has 3 rings (SSSR count). The minimum Gasteiger partial charge on any atom is -0.489 e. The molecule has 158 valence electrons. The highest BCUT2D eigenvalue weighted by Crippen LogP contribution is 2.55. The number of nitrogens with one attached hydrogen (secondary N) is 1. The van der Waals surface area contributed by atoms with E-state index in [0.717, 1.165) is 11.3 Å². The van der Waals surface area contributed by atoms with Gasteiger partial charge in [0.1, 0.15) is 11.9 Å². The Balaban J connectivity index is 1.74. The summed E-state index contributed by atoms with van der Waals surface area (Å²) in [5.41, 5.74) is 2.99. The third-order valence-corrected chi connectivity index (χ3v) is 6.53. The summed E-state index contributed by atoms with van der Waals surface area (Å²) >= 11 is 0. The van der Waals surface area contributed by atoms with Gasteiger partial charge in [-0.25, -0.2) is 0 Å². The molecular weight excluding hydrogens is 372 g/mol. The first-order valence-corrected chi connectivity index (χ1v) is 10.6. The van der Waals surface area contributed by atoms with E-state index in [1.54, 1.807) is 6.07 Å². The lowest BCUT2D eigenvalue weighted by Gasteiger charge is -2.63. The van der Waals surface area contributed by atoms with Gasteiger partial charge in [-0.3, -0.25) is 4.79 Å². The average Bonchev–Trinajstić information content (AvgIpc) is 2.69. The van der Waals surface area contributed by atoms with Crippen LogP contribution < -0.4 is 10.1 Å². The standard InChI is InChI=1S/C26H32N2O2/c1-16(2)18-8-10-19(11-9-18)22(29)28-23-25(4,5)24(26(23,6)7)30-21-13-12-20(15-27)17(3)14-21/h8-14,16,23-24H,1-7H3,(H,28,29)/t23-,24-. The molecule has 1 amide bonds. The Morgan fingerprint density at radius 1 is 1.07 bits per heavy atom. The van der Waals surface area contributed by atoms with Gasteiger partial charge in [-0.1, -0.05) is 53.7 Å². The molecule has 1 N–H and O–H groups in total. The summed E-state index contributed by atoms with van der Waals surface area (Å²) in [6.07, 6.45) is -0.0639. The normalized spacial score (nSPS) is 21.4. The van der Waals surface area contributed by atoms with Gasteiger partial charge in [-0.05, 0) is 54.3 Å². The summed E-state index contributed by atoms with van der Waals surface area (Å²) in [5, 5.41) is 12.4. The van der Waals surface area contributed by atoms with Crippen molar-refractivity contribution in [2.45, 2.75) is 66.5 Å². The van der Waals surface area contributed by atoms with Crippen molar-refractivity contribution in [2.75, 3.05) is 0 Å². The summed E-state index contributed by atoms with van der Waals surface area (Å²) in [6, 6.07) is 15.6. The van der Waals surface area contributed by atoms with Crippen LogP contribution in [0.15, 0.2) is 42.5 Å². The quantitative estimate of drug-likeness (QED) is 0.705. The fourth-order valence-corrected chi connectivity index (χ4v) is 5.00. The van der Waals surface area contributed by atoms with Gasteiger partial charge >= 0.3 is 0 Å². The Morgan fingerprint density at radius 2 is 1.67 bits per heavy atom. The third-order valence-electron chi connectivity index (χ3n) is 6.53. The van der Waals surface area contributed by atoms with Crippen LogP contribution in [0, 0.1) is 29.1 Å².